The quantitative estimate of drug-likeness (QED) is 0.782. The molecule has 1 aromatic carbocycles. The first kappa shape index (κ1) is 12.6. The van der Waals surface area contributed by atoms with Crippen molar-refractivity contribution in [1.29, 1.82) is 0 Å². The largest absolute Gasteiger partial charge is 0.342 e. The van der Waals surface area contributed by atoms with Crippen LogP contribution in [0.3, 0.4) is 0 Å². The van der Waals surface area contributed by atoms with Crippen LogP contribution in [-0.4, -0.2) is 47.2 Å². The van der Waals surface area contributed by atoms with Gasteiger partial charge in [-0.05, 0) is 30.4 Å². The van der Waals surface area contributed by atoms with Gasteiger partial charge in [-0.2, -0.15) is 0 Å². The smallest absolute Gasteiger partial charge is 0.261 e. The number of carbonyl (C=O) groups excluding carboxylic acids is 3. The molecule has 2 atom stereocenters. The van der Waals surface area contributed by atoms with E-state index in [-0.39, 0.29) is 30.7 Å². The number of carbonyl (C=O) groups is 3. The van der Waals surface area contributed by atoms with E-state index < -0.39 is 0 Å². The average molecular weight is 284 g/mol. The highest BCUT2D eigenvalue weighted by molar-refractivity contribution is 6.21. The van der Waals surface area contributed by atoms with Crippen LogP contribution in [0.2, 0.25) is 0 Å². The molecule has 0 aromatic heterocycles. The van der Waals surface area contributed by atoms with Gasteiger partial charge in [-0.15, -0.1) is 0 Å². The summed E-state index contributed by atoms with van der Waals surface area (Å²) in [6.07, 6.45) is 1.48. The normalized spacial score (nSPS) is 26.1. The Morgan fingerprint density at radius 1 is 1.05 bits per heavy atom. The zero-order valence-corrected chi connectivity index (χ0v) is 11.6. The number of amides is 3. The van der Waals surface area contributed by atoms with Gasteiger partial charge in [0.05, 0.1) is 11.1 Å². The number of nitrogens with zero attached hydrogens (tertiary/aromatic N) is 2. The molecule has 5 heteroatoms. The molecule has 1 aliphatic carbocycles. The summed E-state index contributed by atoms with van der Waals surface area (Å²) in [7, 11) is 0. The van der Waals surface area contributed by atoms with Gasteiger partial charge in [0.15, 0.2) is 0 Å². The molecule has 1 aromatic rings. The minimum absolute atomic E-state index is 0.0544. The number of hydrogen-bond donors (Lipinski definition) is 0. The molecule has 4 rings (SSSR count). The average Bonchev–Trinajstić information content (AvgIpc) is 3.03. The summed E-state index contributed by atoms with van der Waals surface area (Å²) in [5, 5.41) is 0. The topological polar surface area (TPSA) is 57.7 Å². The van der Waals surface area contributed by atoms with E-state index in [9.17, 15) is 14.4 Å². The molecule has 2 unspecified atom stereocenters. The van der Waals surface area contributed by atoms with Crippen molar-refractivity contribution in [2.24, 2.45) is 11.8 Å². The molecular formula is C16H16N2O3. The van der Waals surface area contributed by atoms with Crippen LogP contribution >= 0.6 is 0 Å². The number of piperidine rings is 1. The maximum absolute atomic E-state index is 12.2. The molecule has 0 N–H and O–H groups in total. The third-order valence-electron chi connectivity index (χ3n) is 4.76. The highest BCUT2D eigenvalue weighted by atomic mass is 16.2. The lowest BCUT2D eigenvalue weighted by Gasteiger charge is -2.20. The van der Waals surface area contributed by atoms with Crippen molar-refractivity contribution in [3.63, 3.8) is 0 Å². The zero-order chi connectivity index (χ0) is 14.6. The highest BCUT2D eigenvalue weighted by Gasteiger charge is 2.46. The molecule has 5 nitrogen and oxygen atoms in total. The number of likely N-dealkylation sites (tertiary alicyclic amines) is 1. The van der Waals surface area contributed by atoms with Crippen molar-refractivity contribution in [3.05, 3.63) is 35.4 Å². The second-order valence-corrected chi connectivity index (χ2v) is 6.11. The van der Waals surface area contributed by atoms with Crippen LogP contribution in [0.15, 0.2) is 24.3 Å². The number of hydrogen-bond acceptors (Lipinski definition) is 3. The second-order valence-electron chi connectivity index (χ2n) is 6.11. The fraction of sp³-hybridized carbons (Fsp3) is 0.438. The van der Waals surface area contributed by atoms with Crippen LogP contribution in [0.4, 0.5) is 0 Å². The van der Waals surface area contributed by atoms with Gasteiger partial charge >= 0.3 is 0 Å². The third-order valence-corrected chi connectivity index (χ3v) is 4.76. The van der Waals surface area contributed by atoms with E-state index in [0.717, 1.165) is 13.1 Å². The summed E-state index contributed by atoms with van der Waals surface area (Å²) < 4.78 is 0. The fourth-order valence-corrected chi connectivity index (χ4v) is 3.41. The Morgan fingerprint density at radius 2 is 1.62 bits per heavy atom. The Bertz CT molecular complexity index is 610. The summed E-state index contributed by atoms with van der Waals surface area (Å²) in [5.74, 6) is 0.889. The molecule has 1 saturated carbocycles. The Kier molecular flexibility index (Phi) is 2.64. The highest BCUT2D eigenvalue weighted by Crippen LogP contribution is 2.44. The first-order valence-corrected chi connectivity index (χ1v) is 7.38. The Balaban J connectivity index is 1.41. The van der Waals surface area contributed by atoms with E-state index in [0.29, 0.717) is 23.0 Å². The van der Waals surface area contributed by atoms with Crippen LogP contribution < -0.4 is 0 Å². The number of benzene rings is 1. The Labute approximate surface area is 122 Å². The van der Waals surface area contributed by atoms with E-state index in [1.54, 1.807) is 24.3 Å². The number of fused-ring (bicyclic) bond motifs is 2. The molecule has 108 valence electrons. The molecule has 3 amide bonds. The second kappa shape index (κ2) is 4.41. The van der Waals surface area contributed by atoms with E-state index >= 15 is 0 Å². The van der Waals surface area contributed by atoms with Crippen molar-refractivity contribution in [2.75, 3.05) is 19.6 Å². The van der Waals surface area contributed by atoms with Crippen molar-refractivity contribution in [3.8, 4) is 0 Å². The molecule has 2 heterocycles. The molecule has 21 heavy (non-hydrogen) atoms. The van der Waals surface area contributed by atoms with Crippen molar-refractivity contribution >= 4 is 17.7 Å². The van der Waals surface area contributed by atoms with Gasteiger partial charge in [0.1, 0.15) is 0 Å². The predicted octanol–water partition coefficient (Wildman–Crippen LogP) is 1.15. The minimum atomic E-state index is -0.285. The number of rotatable bonds is 3. The maximum atomic E-state index is 12.2. The van der Waals surface area contributed by atoms with Crippen LogP contribution in [0, 0.1) is 11.8 Å². The first-order valence-electron chi connectivity index (χ1n) is 7.38. The molecule has 0 bridgehead atoms. The van der Waals surface area contributed by atoms with E-state index in [4.69, 9.17) is 0 Å². The molecule has 3 aliphatic rings. The van der Waals surface area contributed by atoms with Crippen LogP contribution in [-0.2, 0) is 4.79 Å². The summed E-state index contributed by atoms with van der Waals surface area (Å²) in [5.41, 5.74) is 0.884. The van der Waals surface area contributed by atoms with Gasteiger partial charge in [0, 0.05) is 26.1 Å². The minimum Gasteiger partial charge on any atom is -0.342 e. The van der Waals surface area contributed by atoms with Crippen LogP contribution in [0.1, 0.15) is 33.6 Å². The molecule has 0 spiro atoms. The van der Waals surface area contributed by atoms with Crippen molar-refractivity contribution in [2.45, 2.75) is 12.8 Å². The Morgan fingerprint density at radius 3 is 2.19 bits per heavy atom. The summed E-state index contributed by atoms with van der Waals surface area (Å²) in [4.78, 5) is 39.6. The van der Waals surface area contributed by atoms with E-state index in [2.05, 4.69) is 0 Å². The zero-order valence-electron chi connectivity index (χ0n) is 11.6. The number of imide groups is 1. The maximum Gasteiger partial charge on any atom is 0.261 e. The Hall–Kier alpha value is -2.17. The first-order chi connectivity index (χ1) is 10.1. The van der Waals surface area contributed by atoms with E-state index in [1.165, 1.54) is 11.3 Å². The van der Waals surface area contributed by atoms with Gasteiger partial charge in [-0.25, -0.2) is 0 Å². The molecule has 1 saturated heterocycles. The standard InChI is InChI=1S/C16H16N2O3/c19-14(17-8-10-7-11(10)9-17)5-6-18-15(20)12-3-1-2-4-13(12)16(18)21/h1-4,10-11H,5-9H2. The van der Waals surface area contributed by atoms with Crippen molar-refractivity contribution < 1.29 is 14.4 Å². The lowest BCUT2D eigenvalue weighted by molar-refractivity contribution is -0.130. The fourth-order valence-electron chi connectivity index (χ4n) is 3.41. The molecular weight excluding hydrogens is 268 g/mol. The van der Waals surface area contributed by atoms with Crippen LogP contribution in [0.5, 0.6) is 0 Å². The van der Waals surface area contributed by atoms with Gasteiger partial charge in [-0.1, -0.05) is 12.1 Å². The molecule has 2 aliphatic heterocycles. The van der Waals surface area contributed by atoms with Crippen LogP contribution in [0.25, 0.3) is 0 Å². The lowest BCUT2D eigenvalue weighted by Crippen LogP contribution is -2.36. The molecule has 2 fully saturated rings. The van der Waals surface area contributed by atoms with Crippen molar-refractivity contribution in [1.82, 2.24) is 9.80 Å². The summed E-state index contributed by atoms with van der Waals surface area (Å²) in [6.45, 7) is 1.88. The summed E-state index contributed by atoms with van der Waals surface area (Å²) >= 11 is 0. The van der Waals surface area contributed by atoms with Gasteiger partial charge < -0.3 is 4.90 Å². The third kappa shape index (κ3) is 1.95. The van der Waals surface area contributed by atoms with E-state index in [1.807, 2.05) is 4.90 Å². The van der Waals surface area contributed by atoms with Gasteiger partial charge in [0.2, 0.25) is 5.91 Å². The van der Waals surface area contributed by atoms with Gasteiger partial charge in [0.25, 0.3) is 11.8 Å². The SMILES string of the molecule is O=C(CCN1C(=O)c2ccccc2C1=O)N1CC2CC2C1. The predicted molar refractivity (Wildman–Crippen MR) is 74.6 cm³/mol. The lowest BCUT2D eigenvalue weighted by atomic mass is 10.1. The summed E-state index contributed by atoms with van der Waals surface area (Å²) in [6, 6.07) is 6.81. The van der Waals surface area contributed by atoms with Gasteiger partial charge in [-0.3, -0.25) is 19.3 Å². The monoisotopic (exact) mass is 284 g/mol. The molecule has 0 radical (unpaired) electrons.